The minimum absolute atomic E-state index is 0.0125. The molecule has 2 amide bonds. The monoisotopic (exact) mass is 431 g/mol. The molecule has 1 aliphatic heterocycles. The van der Waals surface area contributed by atoms with Gasteiger partial charge in [-0.3, -0.25) is 19.7 Å². The standard InChI is InChI=1S/C21H22ClN3O5/c1-30-19-7-4-16(22)12-18(19)21(27)24-10-8-15(9-11-24)20(26)23-13-14-2-5-17(6-3-14)25(28)29/h2-7,12,15H,8-11,13H2,1H3,(H,23,26). The van der Waals surface area contributed by atoms with E-state index >= 15 is 0 Å². The van der Waals surface area contributed by atoms with Crippen molar-refractivity contribution in [1.29, 1.82) is 0 Å². The zero-order valence-corrected chi connectivity index (χ0v) is 17.2. The van der Waals surface area contributed by atoms with Crippen molar-refractivity contribution < 1.29 is 19.2 Å². The minimum atomic E-state index is -0.462. The number of nitro benzene ring substituents is 1. The minimum Gasteiger partial charge on any atom is -0.496 e. The number of carbonyl (C=O) groups excluding carboxylic acids is 2. The molecule has 8 nitrogen and oxygen atoms in total. The Morgan fingerprint density at radius 1 is 1.20 bits per heavy atom. The van der Waals surface area contributed by atoms with Crippen LogP contribution in [0.25, 0.3) is 0 Å². The average Bonchev–Trinajstić information content (AvgIpc) is 2.77. The Labute approximate surface area is 178 Å². The molecule has 0 saturated carbocycles. The van der Waals surface area contributed by atoms with Gasteiger partial charge in [0.1, 0.15) is 5.75 Å². The van der Waals surface area contributed by atoms with Gasteiger partial charge in [0.2, 0.25) is 5.91 Å². The fourth-order valence-electron chi connectivity index (χ4n) is 3.43. The number of ether oxygens (including phenoxy) is 1. The molecular weight excluding hydrogens is 410 g/mol. The second-order valence-corrected chi connectivity index (χ2v) is 7.49. The molecule has 0 atom stereocenters. The Hall–Kier alpha value is -3.13. The molecule has 0 unspecified atom stereocenters. The van der Waals surface area contributed by atoms with Gasteiger partial charge in [-0.15, -0.1) is 0 Å². The lowest BCUT2D eigenvalue weighted by molar-refractivity contribution is -0.384. The van der Waals surface area contributed by atoms with Crippen molar-refractivity contribution in [2.75, 3.05) is 20.2 Å². The lowest BCUT2D eigenvalue weighted by Crippen LogP contribution is -2.43. The van der Waals surface area contributed by atoms with E-state index in [1.807, 2.05) is 0 Å². The van der Waals surface area contributed by atoms with Crippen molar-refractivity contribution in [2.45, 2.75) is 19.4 Å². The lowest BCUT2D eigenvalue weighted by atomic mass is 9.95. The van der Waals surface area contributed by atoms with Crippen LogP contribution in [0.15, 0.2) is 42.5 Å². The zero-order valence-electron chi connectivity index (χ0n) is 16.5. The molecule has 1 N–H and O–H groups in total. The summed E-state index contributed by atoms with van der Waals surface area (Å²) in [5, 5.41) is 14.0. The number of non-ortho nitro benzene ring substituents is 1. The summed E-state index contributed by atoms with van der Waals surface area (Å²) < 4.78 is 5.26. The molecule has 30 heavy (non-hydrogen) atoms. The fraction of sp³-hybridized carbons (Fsp3) is 0.333. The van der Waals surface area contributed by atoms with E-state index in [0.717, 1.165) is 5.56 Å². The van der Waals surface area contributed by atoms with Gasteiger partial charge in [0.25, 0.3) is 11.6 Å². The molecule has 1 fully saturated rings. The van der Waals surface area contributed by atoms with Crippen LogP contribution in [0.3, 0.4) is 0 Å². The van der Waals surface area contributed by atoms with Gasteiger partial charge in [0, 0.05) is 42.7 Å². The quantitative estimate of drug-likeness (QED) is 0.557. The van der Waals surface area contributed by atoms with Crippen LogP contribution in [0.5, 0.6) is 5.75 Å². The molecule has 158 valence electrons. The Kier molecular flexibility index (Phi) is 6.89. The molecule has 1 heterocycles. The first-order valence-electron chi connectivity index (χ1n) is 9.53. The number of amides is 2. The van der Waals surface area contributed by atoms with Gasteiger partial charge >= 0.3 is 0 Å². The molecule has 1 aliphatic rings. The van der Waals surface area contributed by atoms with Crippen LogP contribution in [0.4, 0.5) is 5.69 Å². The predicted octanol–water partition coefficient (Wildman–Crippen LogP) is 3.43. The number of rotatable bonds is 6. The second kappa shape index (κ2) is 9.58. The first kappa shape index (κ1) is 21.6. The maximum absolute atomic E-state index is 12.8. The maximum Gasteiger partial charge on any atom is 0.269 e. The summed E-state index contributed by atoms with van der Waals surface area (Å²) >= 11 is 6.02. The first-order valence-corrected chi connectivity index (χ1v) is 9.90. The second-order valence-electron chi connectivity index (χ2n) is 7.05. The average molecular weight is 432 g/mol. The summed E-state index contributed by atoms with van der Waals surface area (Å²) in [7, 11) is 1.50. The van der Waals surface area contributed by atoms with Gasteiger partial charge in [-0.05, 0) is 36.6 Å². The molecule has 0 aromatic heterocycles. The molecule has 3 rings (SSSR count). The third kappa shape index (κ3) is 5.07. The van der Waals surface area contributed by atoms with Gasteiger partial charge in [-0.25, -0.2) is 0 Å². The van der Waals surface area contributed by atoms with E-state index in [-0.39, 0.29) is 23.4 Å². The maximum atomic E-state index is 12.8. The van der Waals surface area contributed by atoms with E-state index in [0.29, 0.717) is 48.8 Å². The van der Waals surface area contributed by atoms with E-state index < -0.39 is 4.92 Å². The molecule has 2 aromatic carbocycles. The molecule has 1 saturated heterocycles. The SMILES string of the molecule is COc1ccc(Cl)cc1C(=O)N1CCC(C(=O)NCc2ccc([N+](=O)[O-])cc2)CC1. The van der Waals surface area contributed by atoms with E-state index in [1.54, 1.807) is 35.2 Å². The molecule has 0 aliphatic carbocycles. The van der Waals surface area contributed by atoms with Crippen LogP contribution in [0, 0.1) is 16.0 Å². The van der Waals surface area contributed by atoms with Crippen molar-refractivity contribution in [1.82, 2.24) is 10.2 Å². The number of benzene rings is 2. The van der Waals surface area contributed by atoms with Gasteiger partial charge in [-0.2, -0.15) is 0 Å². The van der Waals surface area contributed by atoms with Crippen LogP contribution in [0.1, 0.15) is 28.8 Å². The third-order valence-electron chi connectivity index (χ3n) is 5.16. The number of hydrogen-bond acceptors (Lipinski definition) is 5. The van der Waals surface area contributed by atoms with Crippen molar-refractivity contribution in [2.24, 2.45) is 5.92 Å². The van der Waals surface area contributed by atoms with Crippen LogP contribution in [0.2, 0.25) is 5.02 Å². The first-order chi connectivity index (χ1) is 14.4. The largest absolute Gasteiger partial charge is 0.496 e. The number of methoxy groups -OCH3 is 1. The fourth-order valence-corrected chi connectivity index (χ4v) is 3.60. The Morgan fingerprint density at radius 3 is 2.47 bits per heavy atom. The zero-order chi connectivity index (χ0) is 21.7. The van der Waals surface area contributed by atoms with Crippen LogP contribution >= 0.6 is 11.6 Å². The summed E-state index contributed by atoms with van der Waals surface area (Å²) in [6.07, 6.45) is 1.11. The van der Waals surface area contributed by atoms with Crippen molar-refractivity contribution in [3.63, 3.8) is 0 Å². The lowest BCUT2D eigenvalue weighted by Gasteiger charge is -2.31. The number of piperidine rings is 1. The molecular formula is C21H22ClN3O5. The summed E-state index contributed by atoms with van der Waals surface area (Å²) in [6.45, 7) is 1.23. The number of halogens is 1. The normalized spacial score (nSPS) is 14.3. The number of nitro groups is 1. The van der Waals surface area contributed by atoms with Gasteiger partial charge < -0.3 is 15.0 Å². The predicted molar refractivity (Wildman–Crippen MR) is 112 cm³/mol. The number of nitrogens with one attached hydrogen (secondary N) is 1. The Bertz CT molecular complexity index is 940. The molecule has 9 heteroatoms. The number of nitrogens with zero attached hydrogens (tertiary/aromatic N) is 2. The third-order valence-corrected chi connectivity index (χ3v) is 5.39. The van der Waals surface area contributed by atoms with Crippen molar-refractivity contribution in [3.8, 4) is 5.75 Å². The highest BCUT2D eigenvalue weighted by Gasteiger charge is 2.29. The summed E-state index contributed by atoms with van der Waals surface area (Å²) in [5.41, 5.74) is 1.21. The summed E-state index contributed by atoms with van der Waals surface area (Å²) in [5.74, 6) is 0.0283. The number of hydrogen-bond donors (Lipinski definition) is 1. The number of likely N-dealkylation sites (tertiary alicyclic amines) is 1. The Morgan fingerprint density at radius 2 is 1.87 bits per heavy atom. The van der Waals surface area contributed by atoms with Crippen LogP contribution < -0.4 is 10.1 Å². The van der Waals surface area contributed by atoms with E-state index in [2.05, 4.69) is 5.32 Å². The highest BCUT2D eigenvalue weighted by atomic mass is 35.5. The smallest absolute Gasteiger partial charge is 0.269 e. The topological polar surface area (TPSA) is 102 Å². The summed E-state index contributed by atoms with van der Waals surface area (Å²) in [6, 6.07) is 11.0. The molecule has 0 spiro atoms. The highest BCUT2D eigenvalue weighted by Crippen LogP contribution is 2.26. The van der Waals surface area contributed by atoms with Crippen molar-refractivity contribution >= 4 is 29.1 Å². The highest BCUT2D eigenvalue weighted by molar-refractivity contribution is 6.31. The van der Waals surface area contributed by atoms with Crippen LogP contribution in [-0.2, 0) is 11.3 Å². The Balaban J connectivity index is 1.52. The van der Waals surface area contributed by atoms with E-state index in [4.69, 9.17) is 16.3 Å². The molecule has 2 aromatic rings. The summed E-state index contributed by atoms with van der Waals surface area (Å²) in [4.78, 5) is 37.2. The van der Waals surface area contributed by atoms with E-state index in [9.17, 15) is 19.7 Å². The van der Waals surface area contributed by atoms with E-state index in [1.165, 1.54) is 19.2 Å². The van der Waals surface area contributed by atoms with Gasteiger partial charge in [0.05, 0.1) is 17.6 Å². The van der Waals surface area contributed by atoms with Crippen molar-refractivity contribution in [3.05, 3.63) is 68.7 Å². The van der Waals surface area contributed by atoms with Gasteiger partial charge in [0.15, 0.2) is 0 Å². The molecule has 0 radical (unpaired) electrons. The molecule has 0 bridgehead atoms. The van der Waals surface area contributed by atoms with Crippen LogP contribution in [-0.4, -0.2) is 41.8 Å². The number of carbonyl (C=O) groups is 2. The van der Waals surface area contributed by atoms with Gasteiger partial charge in [-0.1, -0.05) is 23.7 Å².